The maximum atomic E-state index is 10.8. The van der Waals surface area contributed by atoms with Gasteiger partial charge in [-0.3, -0.25) is 0 Å². The van der Waals surface area contributed by atoms with Gasteiger partial charge >= 0.3 is 0 Å². The summed E-state index contributed by atoms with van der Waals surface area (Å²) in [5, 5.41) is 25.5. The normalized spacial score (nSPS) is 13.9. The highest BCUT2D eigenvalue weighted by Crippen LogP contribution is 2.21. The quantitative estimate of drug-likeness (QED) is 0.418. The molecule has 0 radical (unpaired) electrons. The fourth-order valence-corrected chi connectivity index (χ4v) is 2.76. The van der Waals surface area contributed by atoms with Crippen LogP contribution in [0.4, 0.5) is 0 Å². The minimum absolute atomic E-state index is 0.235. The molecular formula is C21H28N6O2. The van der Waals surface area contributed by atoms with Crippen LogP contribution in [0.5, 0.6) is 0 Å². The Kier molecular flexibility index (Phi) is 6.33. The van der Waals surface area contributed by atoms with E-state index in [1.807, 2.05) is 61.9 Å². The molecule has 0 aliphatic rings. The Morgan fingerprint density at radius 2 is 1.90 bits per heavy atom. The first kappa shape index (κ1) is 20.6. The molecule has 0 saturated heterocycles. The second kappa shape index (κ2) is 8.91. The lowest BCUT2D eigenvalue weighted by Gasteiger charge is -2.23. The number of aliphatic hydroxyl groups is 1. The van der Waals surface area contributed by atoms with Gasteiger partial charge in [0.15, 0.2) is 11.8 Å². The average molecular weight is 396 g/mol. The Morgan fingerprint density at radius 3 is 2.52 bits per heavy atom. The van der Waals surface area contributed by atoms with Crippen molar-refractivity contribution in [2.24, 2.45) is 12.0 Å². The van der Waals surface area contributed by atoms with Crippen LogP contribution >= 0.6 is 0 Å². The molecule has 1 atom stereocenters. The maximum absolute atomic E-state index is 10.8. The van der Waals surface area contributed by atoms with Crippen LogP contribution < -0.4 is 10.6 Å². The van der Waals surface area contributed by atoms with Crippen LogP contribution in [0.2, 0.25) is 0 Å². The molecule has 1 unspecified atom stereocenters. The summed E-state index contributed by atoms with van der Waals surface area (Å²) in [7, 11) is 1.92. The fourth-order valence-electron chi connectivity index (χ4n) is 2.76. The third kappa shape index (κ3) is 5.45. The van der Waals surface area contributed by atoms with Crippen LogP contribution in [0, 0.1) is 13.8 Å². The van der Waals surface area contributed by atoms with Crippen molar-refractivity contribution in [2.75, 3.05) is 6.54 Å². The summed E-state index contributed by atoms with van der Waals surface area (Å²) >= 11 is 0. The molecule has 0 bridgehead atoms. The first-order valence-corrected chi connectivity index (χ1v) is 9.55. The highest BCUT2D eigenvalue weighted by atomic mass is 16.4. The summed E-state index contributed by atoms with van der Waals surface area (Å²) in [4.78, 5) is 4.64. The fraction of sp³-hybridized carbons (Fsp3) is 0.381. The standard InChI is InChI=1S/C21H28N6O2/c1-15-10-11-18(29-15)21(3,28)14-24-20(22-12-17-8-6-5-7-9-17)23-13-19-26-25-16(2)27(19)4/h5-11,28H,12-14H2,1-4H3,(H2,22,23,24). The summed E-state index contributed by atoms with van der Waals surface area (Å²) in [6.45, 7) is 6.67. The smallest absolute Gasteiger partial charge is 0.192 e. The second-order valence-electron chi connectivity index (χ2n) is 7.26. The van der Waals surface area contributed by atoms with Crippen LogP contribution in [0.1, 0.15) is 35.7 Å². The monoisotopic (exact) mass is 396 g/mol. The number of benzene rings is 1. The van der Waals surface area contributed by atoms with E-state index in [9.17, 15) is 5.11 Å². The lowest BCUT2D eigenvalue weighted by Crippen LogP contribution is -2.44. The number of furan rings is 1. The third-order valence-corrected chi connectivity index (χ3v) is 4.73. The van der Waals surface area contributed by atoms with Gasteiger partial charge < -0.3 is 24.7 Å². The molecule has 2 aromatic heterocycles. The van der Waals surface area contributed by atoms with Gasteiger partial charge in [-0.1, -0.05) is 30.3 Å². The molecule has 2 heterocycles. The molecule has 0 saturated carbocycles. The summed E-state index contributed by atoms with van der Waals surface area (Å²) in [5.74, 6) is 3.47. The molecule has 8 nitrogen and oxygen atoms in total. The summed E-state index contributed by atoms with van der Waals surface area (Å²) in [6, 6.07) is 13.6. The van der Waals surface area contributed by atoms with E-state index in [4.69, 9.17) is 4.42 Å². The predicted octanol–water partition coefficient (Wildman–Crippen LogP) is 2.17. The van der Waals surface area contributed by atoms with Crippen LogP contribution in [0.15, 0.2) is 51.9 Å². The van der Waals surface area contributed by atoms with E-state index in [2.05, 4.69) is 25.8 Å². The molecule has 0 aliphatic heterocycles. The lowest BCUT2D eigenvalue weighted by atomic mass is 10.0. The Hall–Kier alpha value is -3.13. The highest BCUT2D eigenvalue weighted by Gasteiger charge is 2.27. The van der Waals surface area contributed by atoms with Gasteiger partial charge in [0.25, 0.3) is 0 Å². The van der Waals surface area contributed by atoms with Crippen molar-refractivity contribution in [3.8, 4) is 0 Å². The van der Waals surface area contributed by atoms with Crippen molar-refractivity contribution < 1.29 is 9.52 Å². The third-order valence-electron chi connectivity index (χ3n) is 4.73. The molecule has 0 aliphatic carbocycles. The van der Waals surface area contributed by atoms with E-state index < -0.39 is 5.60 Å². The van der Waals surface area contributed by atoms with Crippen molar-refractivity contribution in [3.05, 3.63) is 71.2 Å². The SMILES string of the molecule is Cc1ccc(C(C)(O)CNC(=NCc2ccccc2)NCc2nnc(C)n2C)o1. The molecule has 29 heavy (non-hydrogen) atoms. The van der Waals surface area contributed by atoms with E-state index in [1.165, 1.54) is 0 Å². The van der Waals surface area contributed by atoms with Crippen LogP contribution in [-0.4, -0.2) is 32.4 Å². The highest BCUT2D eigenvalue weighted by molar-refractivity contribution is 5.79. The zero-order chi connectivity index (χ0) is 20.9. The summed E-state index contributed by atoms with van der Waals surface area (Å²) in [5.41, 5.74) is -0.0818. The Labute approximate surface area is 170 Å². The Bertz CT molecular complexity index is 959. The number of aryl methyl sites for hydroxylation is 2. The molecular weight excluding hydrogens is 368 g/mol. The molecule has 0 amide bonds. The number of rotatable bonds is 7. The summed E-state index contributed by atoms with van der Waals surface area (Å²) < 4.78 is 7.51. The molecule has 3 rings (SSSR count). The minimum atomic E-state index is -1.18. The Balaban J connectivity index is 1.70. The second-order valence-corrected chi connectivity index (χ2v) is 7.26. The van der Waals surface area contributed by atoms with Crippen molar-refractivity contribution in [1.82, 2.24) is 25.4 Å². The summed E-state index contributed by atoms with van der Waals surface area (Å²) in [6.07, 6.45) is 0. The van der Waals surface area contributed by atoms with Crippen molar-refractivity contribution in [2.45, 2.75) is 39.5 Å². The number of aromatic nitrogens is 3. The number of nitrogens with one attached hydrogen (secondary N) is 2. The Morgan fingerprint density at radius 1 is 1.14 bits per heavy atom. The van der Waals surface area contributed by atoms with Gasteiger partial charge in [0, 0.05) is 7.05 Å². The van der Waals surface area contributed by atoms with Crippen LogP contribution in [0.25, 0.3) is 0 Å². The van der Waals surface area contributed by atoms with Gasteiger partial charge in [0.1, 0.15) is 22.9 Å². The van der Waals surface area contributed by atoms with E-state index in [0.29, 0.717) is 24.8 Å². The predicted molar refractivity (Wildman–Crippen MR) is 111 cm³/mol. The van der Waals surface area contributed by atoms with E-state index in [0.717, 1.165) is 23.0 Å². The molecule has 0 fully saturated rings. The first-order chi connectivity index (χ1) is 13.8. The number of nitrogens with zero attached hydrogens (tertiary/aromatic N) is 4. The molecule has 0 spiro atoms. The lowest BCUT2D eigenvalue weighted by molar-refractivity contribution is 0.0377. The number of aliphatic imine (C=N–C) groups is 1. The maximum Gasteiger partial charge on any atom is 0.192 e. The van der Waals surface area contributed by atoms with Crippen LogP contribution in [-0.2, 0) is 25.7 Å². The van der Waals surface area contributed by atoms with Gasteiger partial charge in [0.05, 0.1) is 19.6 Å². The largest absolute Gasteiger partial charge is 0.463 e. The number of guanidine groups is 1. The van der Waals surface area contributed by atoms with Crippen molar-refractivity contribution in [3.63, 3.8) is 0 Å². The van der Waals surface area contributed by atoms with E-state index in [-0.39, 0.29) is 6.54 Å². The molecule has 154 valence electrons. The topological polar surface area (TPSA) is 100 Å². The zero-order valence-corrected chi connectivity index (χ0v) is 17.3. The van der Waals surface area contributed by atoms with Crippen LogP contribution in [0.3, 0.4) is 0 Å². The molecule has 3 aromatic rings. The van der Waals surface area contributed by atoms with Crippen molar-refractivity contribution >= 4 is 5.96 Å². The molecule has 3 N–H and O–H groups in total. The van der Waals surface area contributed by atoms with Gasteiger partial charge in [-0.15, -0.1) is 10.2 Å². The van der Waals surface area contributed by atoms with Crippen molar-refractivity contribution in [1.29, 1.82) is 0 Å². The molecule has 1 aromatic carbocycles. The molecule has 8 heteroatoms. The number of hydrogen-bond donors (Lipinski definition) is 3. The zero-order valence-electron chi connectivity index (χ0n) is 17.3. The minimum Gasteiger partial charge on any atom is -0.463 e. The first-order valence-electron chi connectivity index (χ1n) is 9.55. The van der Waals surface area contributed by atoms with E-state index >= 15 is 0 Å². The average Bonchev–Trinajstić information content (AvgIpc) is 3.29. The number of hydrogen-bond acceptors (Lipinski definition) is 5. The van der Waals surface area contributed by atoms with Gasteiger partial charge in [-0.05, 0) is 38.5 Å². The van der Waals surface area contributed by atoms with Gasteiger partial charge in [-0.2, -0.15) is 0 Å². The van der Waals surface area contributed by atoms with Gasteiger partial charge in [-0.25, -0.2) is 4.99 Å². The van der Waals surface area contributed by atoms with Gasteiger partial charge in [0.2, 0.25) is 0 Å². The van der Waals surface area contributed by atoms with E-state index in [1.54, 1.807) is 13.0 Å².